The van der Waals surface area contributed by atoms with E-state index in [0.717, 1.165) is 25.7 Å². The van der Waals surface area contributed by atoms with Crippen molar-refractivity contribution in [3.05, 3.63) is 70.8 Å². The highest BCUT2D eigenvalue weighted by atomic mass is 32.4. The molecule has 0 unspecified atom stereocenters. The molecular formula is C39H51P3S3. The van der Waals surface area contributed by atoms with Crippen LogP contribution in [0.3, 0.4) is 0 Å². The second kappa shape index (κ2) is 12.0. The first kappa shape index (κ1) is 34.2. The van der Waals surface area contributed by atoms with Gasteiger partial charge in [-0.1, -0.05) is 153 Å². The average molecular weight is 709 g/mol. The first-order chi connectivity index (χ1) is 21.1. The molecule has 0 spiro atoms. The maximum Gasteiger partial charge on any atom is 0.0142 e. The van der Waals surface area contributed by atoms with Gasteiger partial charge in [0, 0.05) is 6.04 Å². The Morgan fingerprint density at radius 3 is 0.889 bits per heavy atom. The lowest BCUT2D eigenvalue weighted by Gasteiger charge is -2.37. The Labute approximate surface area is 288 Å². The fourth-order valence-electron chi connectivity index (χ4n) is 8.71. The molecule has 0 nitrogen and oxygen atoms in total. The maximum atomic E-state index is 7.32. The molecule has 0 amide bonds. The standard InChI is InChI=1S/C39H51P3S3/c1-23(2)40(43,24(3)4)32-19-15-28-11-13-30-17-21-34(38(32)36(28)30)42(45,27(9)10)35-22-18-31-14-12-29-16-20-33(39(35)37(29)31)41(44,25(5)6)26(7)8/h15-27H,11-14H2,1-10H3. The van der Waals surface area contributed by atoms with E-state index < -0.39 is 18.1 Å². The van der Waals surface area contributed by atoms with Crippen LogP contribution in [0.1, 0.15) is 91.5 Å². The summed E-state index contributed by atoms with van der Waals surface area (Å²) in [7, 11) is 0. The van der Waals surface area contributed by atoms with Gasteiger partial charge in [-0.15, -0.1) is 0 Å². The predicted molar refractivity (Wildman–Crippen MR) is 220 cm³/mol. The Morgan fingerprint density at radius 1 is 0.378 bits per heavy atom. The van der Waals surface area contributed by atoms with Crippen molar-refractivity contribution < 1.29 is 0 Å². The van der Waals surface area contributed by atoms with Crippen LogP contribution in [0, 0.1) is 0 Å². The Hall–Kier alpha value is -0.650. The third-order valence-corrected chi connectivity index (χ3v) is 31.9. The molecule has 0 saturated carbocycles. The van der Waals surface area contributed by atoms with Gasteiger partial charge in [-0.05, 0) is 131 Å². The highest BCUT2D eigenvalue weighted by Crippen LogP contribution is 2.60. The normalized spacial score (nSPS) is 15.4. The van der Waals surface area contributed by atoms with Crippen LogP contribution in [0.15, 0.2) is 48.5 Å². The number of benzene rings is 4. The van der Waals surface area contributed by atoms with Crippen LogP contribution in [0.25, 0.3) is 21.5 Å². The van der Waals surface area contributed by atoms with Crippen LogP contribution in [-0.2, 0) is 61.1 Å². The van der Waals surface area contributed by atoms with Gasteiger partial charge < -0.3 is 0 Å². The Balaban J connectivity index is 1.82. The minimum absolute atomic E-state index is 0.303. The first-order valence-electron chi connectivity index (χ1n) is 17.1. The summed E-state index contributed by atoms with van der Waals surface area (Å²) in [4.78, 5) is 0. The van der Waals surface area contributed by atoms with E-state index in [9.17, 15) is 0 Å². The Kier molecular flexibility index (Phi) is 9.16. The molecule has 2 aliphatic rings. The van der Waals surface area contributed by atoms with Gasteiger partial charge in [0.1, 0.15) is 0 Å². The van der Waals surface area contributed by atoms with E-state index in [1.54, 1.807) is 0 Å². The topological polar surface area (TPSA) is 0 Å². The van der Waals surface area contributed by atoms with E-state index in [1.807, 2.05) is 0 Å². The Morgan fingerprint density at radius 2 is 0.644 bits per heavy atom. The number of hydrogen-bond donors (Lipinski definition) is 0. The van der Waals surface area contributed by atoms with Gasteiger partial charge in [0.2, 0.25) is 0 Å². The molecule has 240 valence electrons. The highest BCUT2D eigenvalue weighted by Gasteiger charge is 2.39. The number of aryl methyl sites for hydroxylation is 4. The fourth-order valence-corrected chi connectivity index (χ4v) is 20.2. The highest BCUT2D eigenvalue weighted by molar-refractivity contribution is 8.23. The summed E-state index contributed by atoms with van der Waals surface area (Å²) in [5.41, 5.74) is 7.98. The van der Waals surface area contributed by atoms with E-state index in [0.29, 0.717) is 28.3 Å². The molecule has 0 radical (unpaired) electrons. The summed E-state index contributed by atoms with van der Waals surface area (Å²) in [6, 6.07) is 13.4. The van der Waals surface area contributed by atoms with E-state index in [4.69, 9.17) is 35.4 Å². The fraction of sp³-hybridized carbons (Fsp3) is 0.487. The minimum atomic E-state index is -2.35. The summed E-state index contributed by atoms with van der Waals surface area (Å²) in [6.45, 7) is 23.7. The van der Waals surface area contributed by atoms with Gasteiger partial charge in [-0.3, -0.25) is 0 Å². The predicted octanol–water partition coefficient (Wildman–Crippen LogP) is 9.87. The van der Waals surface area contributed by atoms with Crippen molar-refractivity contribution in [2.75, 3.05) is 0 Å². The van der Waals surface area contributed by atoms with Gasteiger partial charge in [-0.2, -0.15) is 0 Å². The van der Waals surface area contributed by atoms with E-state index in [1.165, 1.54) is 65.0 Å². The minimum Gasteiger partial charge on any atom is -0.0920 e. The van der Waals surface area contributed by atoms with Crippen LogP contribution >= 0.6 is 18.1 Å². The number of hydrogen-bond acceptors (Lipinski definition) is 3. The molecule has 6 rings (SSSR count). The largest absolute Gasteiger partial charge is 0.0920 e. The second-order valence-corrected chi connectivity index (χ2v) is 31.6. The molecule has 0 N–H and O–H groups in total. The van der Waals surface area contributed by atoms with Crippen molar-refractivity contribution in [2.45, 2.75) is 123 Å². The molecule has 0 aromatic heterocycles. The van der Waals surface area contributed by atoms with Gasteiger partial charge in [0.05, 0.1) is 0 Å². The molecule has 0 atom stereocenters. The summed E-state index contributed by atoms with van der Waals surface area (Å²) in [6.07, 6.45) is 4.46. The summed E-state index contributed by atoms with van der Waals surface area (Å²) < 4.78 is 0. The first-order valence-corrected chi connectivity index (χ1v) is 25.8. The Bertz CT molecular complexity index is 1810. The van der Waals surface area contributed by atoms with Crippen LogP contribution < -0.4 is 21.2 Å². The lowest BCUT2D eigenvalue weighted by atomic mass is 10.0. The zero-order chi connectivity index (χ0) is 32.8. The summed E-state index contributed by atoms with van der Waals surface area (Å²) in [5, 5.41) is 11.6. The van der Waals surface area contributed by atoms with Gasteiger partial charge in [0.25, 0.3) is 0 Å². The van der Waals surface area contributed by atoms with E-state index >= 15 is 0 Å². The van der Waals surface area contributed by atoms with Crippen LogP contribution in [0.2, 0.25) is 0 Å². The third-order valence-electron chi connectivity index (χ3n) is 11.2. The zero-order valence-electron chi connectivity index (χ0n) is 28.9. The molecule has 2 aliphatic carbocycles. The van der Waals surface area contributed by atoms with Crippen LogP contribution in [0.4, 0.5) is 0 Å². The molecule has 0 aliphatic heterocycles. The molecule has 0 fully saturated rings. The van der Waals surface area contributed by atoms with Crippen molar-refractivity contribution >= 4 is 96.3 Å². The van der Waals surface area contributed by atoms with Crippen molar-refractivity contribution in [3.8, 4) is 0 Å². The van der Waals surface area contributed by atoms with Crippen molar-refractivity contribution in [1.82, 2.24) is 0 Å². The molecule has 0 saturated heterocycles. The molecule has 0 bridgehead atoms. The average Bonchev–Trinajstić information content (AvgIpc) is 3.62. The smallest absolute Gasteiger partial charge is 0.0142 e. The van der Waals surface area contributed by atoms with Crippen molar-refractivity contribution in [3.63, 3.8) is 0 Å². The van der Waals surface area contributed by atoms with Gasteiger partial charge >= 0.3 is 0 Å². The zero-order valence-corrected chi connectivity index (χ0v) is 34.0. The van der Waals surface area contributed by atoms with Gasteiger partial charge in [0.15, 0.2) is 0 Å². The molecule has 6 heteroatoms. The summed E-state index contributed by atoms with van der Waals surface area (Å²) >= 11 is 21.0. The monoisotopic (exact) mass is 708 g/mol. The quantitative estimate of drug-likeness (QED) is 0.159. The van der Waals surface area contributed by atoms with E-state index in [2.05, 4.69) is 118 Å². The SMILES string of the molecule is CC(C)P(=S)(c1ccc2c3c(ccc(P(=S)(C(C)C)C(C)C)c13)CC2)c1ccc2c3c(ccc(P(=S)(C(C)C)C(C)C)c13)CC2. The molecule has 45 heavy (non-hydrogen) atoms. The van der Waals surface area contributed by atoms with Crippen LogP contribution in [0.5, 0.6) is 0 Å². The maximum absolute atomic E-state index is 7.32. The summed E-state index contributed by atoms with van der Waals surface area (Å²) in [5.74, 6) is 0. The molecule has 0 heterocycles. The van der Waals surface area contributed by atoms with Crippen molar-refractivity contribution in [2.24, 2.45) is 0 Å². The van der Waals surface area contributed by atoms with Crippen molar-refractivity contribution in [1.29, 1.82) is 0 Å². The van der Waals surface area contributed by atoms with Crippen LogP contribution in [-0.4, -0.2) is 28.3 Å². The third kappa shape index (κ3) is 4.87. The lowest BCUT2D eigenvalue weighted by molar-refractivity contribution is 1.02. The second-order valence-electron chi connectivity index (χ2n) is 15.0. The molecule has 4 aromatic rings. The van der Waals surface area contributed by atoms with E-state index in [-0.39, 0.29) is 0 Å². The van der Waals surface area contributed by atoms with Gasteiger partial charge in [-0.25, -0.2) is 0 Å². The molecular weight excluding hydrogens is 658 g/mol. The number of rotatable bonds is 9. The molecule has 4 aromatic carbocycles. The lowest BCUT2D eigenvalue weighted by Crippen LogP contribution is -2.31.